The topological polar surface area (TPSA) is 27.8 Å². The van der Waals surface area contributed by atoms with Crippen LogP contribution in [0, 0.1) is 0 Å². The summed E-state index contributed by atoms with van der Waals surface area (Å²) in [6.45, 7) is 2.07. The summed E-state index contributed by atoms with van der Waals surface area (Å²) in [5, 5.41) is 4.78. The molecule has 0 saturated heterocycles. The highest BCUT2D eigenvalue weighted by molar-refractivity contribution is 7.99. The van der Waals surface area contributed by atoms with E-state index in [0.717, 1.165) is 18.8 Å². The summed E-state index contributed by atoms with van der Waals surface area (Å²) in [5.41, 5.74) is 2.60. The molecule has 72 valence electrons. The molecule has 0 unspecified atom stereocenters. The molecule has 0 amide bonds. The predicted molar refractivity (Wildman–Crippen MR) is 60.7 cm³/mol. The first-order chi connectivity index (χ1) is 6.95. The maximum Gasteiger partial charge on any atom is 0.0468 e. The van der Waals surface area contributed by atoms with Crippen molar-refractivity contribution in [2.45, 2.75) is 11.4 Å². The third-order valence-electron chi connectivity index (χ3n) is 2.56. The van der Waals surface area contributed by atoms with Crippen molar-refractivity contribution in [2.75, 3.05) is 12.3 Å². The second-order valence-corrected chi connectivity index (χ2v) is 4.61. The maximum absolute atomic E-state index is 3.47. The summed E-state index contributed by atoms with van der Waals surface area (Å²) in [6.07, 6.45) is 0. The average molecular weight is 204 g/mol. The van der Waals surface area contributed by atoms with Crippen molar-refractivity contribution in [3.05, 3.63) is 30.0 Å². The van der Waals surface area contributed by atoms with Crippen molar-refractivity contribution in [1.29, 1.82) is 0 Å². The Labute approximate surface area is 87.1 Å². The largest absolute Gasteiger partial charge is 0.356 e. The fraction of sp³-hybridized carbons (Fsp3) is 0.273. The first-order valence-corrected chi connectivity index (χ1v) is 5.87. The van der Waals surface area contributed by atoms with Gasteiger partial charge in [0.1, 0.15) is 0 Å². The zero-order chi connectivity index (χ0) is 9.38. The lowest BCUT2D eigenvalue weighted by atomic mass is 10.2. The third kappa shape index (κ3) is 1.24. The Morgan fingerprint density at radius 2 is 2.14 bits per heavy atom. The molecule has 3 rings (SSSR count). The molecule has 0 fully saturated rings. The molecule has 0 spiro atoms. The predicted octanol–water partition coefficient (Wildman–Crippen LogP) is 2.36. The highest BCUT2D eigenvalue weighted by Crippen LogP contribution is 2.32. The molecule has 2 N–H and O–H groups in total. The van der Waals surface area contributed by atoms with Crippen LogP contribution in [0.15, 0.2) is 29.2 Å². The van der Waals surface area contributed by atoms with Gasteiger partial charge in [-0.25, -0.2) is 0 Å². The smallest absolute Gasteiger partial charge is 0.0468 e. The summed E-state index contributed by atoms with van der Waals surface area (Å²) in [6, 6.07) is 8.53. The Balaban J connectivity index is 2.24. The number of aromatic nitrogens is 1. The monoisotopic (exact) mass is 204 g/mol. The molecule has 3 heteroatoms. The fourth-order valence-corrected chi connectivity index (χ4v) is 2.98. The molecular weight excluding hydrogens is 192 g/mol. The minimum Gasteiger partial charge on any atom is -0.356 e. The third-order valence-corrected chi connectivity index (χ3v) is 3.72. The molecule has 0 radical (unpaired) electrons. The van der Waals surface area contributed by atoms with E-state index in [2.05, 4.69) is 34.6 Å². The molecule has 0 aliphatic carbocycles. The Morgan fingerprint density at radius 1 is 1.21 bits per heavy atom. The number of H-pyrrole nitrogens is 1. The molecule has 2 aromatic rings. The van der Waals surface area contributed by atoms with Crippen LogP contribution in [0.2, 0.25) is 0 Å². The molecule has 0 saturated carbocycles. The van der Waals surface area contributed by atoms with Crippen LogP contribution in [0.4, 0.5) is 0 Å². The van der Waals surface area contributed by atoms with Crippen molar-refractivity contribution in [3.63, 3.8) is 0 Å². The van der Waals surface area contributed by atoms with Crippen LogP contribution in [0.3, 0.4) is 0 Å². The van der Waals surface area contributed by atoms with Gasteiger partial charge in [0.05, 0.1) is 0 Å². The molecule has 0 bridgehead atoms. The zero-order valence-corrected chi connectivity index (χ0v) is 8.66. The Morgan fingerprint density at radius 3 is 3.14 bits per heavy atom. The first-order valence-electron chi connectivity index (χ1n) is 4.88. The summed E-state index contributed by atoms with van der Waals surface area (Å²) >= 11 is 1.95. The van der Waals surface area contributed by atoms with Crippen molar-refractivity contribution in [2.24, 2.45) is 0 Å². The van der Waals surface area contributed by atoms with E-state index >= 15 is 0 Å². The van der Waals surface area contributed by atoms with Gasteiger partial charge in [0.2, 0.25) is 0 Å². The lowest BCUT2D eigenvalue weighted by Gasteiger charge is -1.95. The summed E-state index contributed by atoms with van der Waals surface area (Å²) < 4.78 is 0. The van der Waals surface area contributed by atoms with Crippen molar-refractivity contribution < 1.29 is 0 Å². The summed E-state index contributed by atoms with van der Waals surface area (Å²) in [5.74, 6) is 1.16. The fourth-order valence-electron chi connectivity index (χ4n) is 1.90. The highest BCUT2D eigenvalue weighted by atomic mass is 32.2. The van der Waals surface area contributed by atoms with Crippen molar-refractivity contribution in [3.8, 4) is 0 Å². The molecule has 1 aliphatic rings. The molecule has 2 nitrogen and oxygen atoms in total. The second kappa shape index (κ2) is 3.33. The molecule has 1 aromatic carbocycles. The van der Waals surface area contributed by atoms with E-state index < -0.39 is 0 Å². The number of benzene rings is 1. The minimum absolute atomic E-state index is 0.969. The van der Waals surface area contributed by atoms with Gasteiger partial charge in [0, 0.05) is 40.3 Å². The van der Waals surface area contributed by atoms with Gasteiger partial charge < -0.3 is 10.3 Å². The van der Waals surface area contributed by atoms with E-state index in [9.17, 15) is 0 Å². The van der Waals surface area contributed by atoms with Gasteiger partial charge in [-0.05, 0) is 6.07 Å². The van der Waals surface area contributed by atoms with Crippen LogP contribution in [-0.4, -0.2) is 17.3 Å². The lowest BCUT2D eigenvalue weighted by molar-refractivity contribution is 0.720. The maximum atomic E-state index is 3.47. The normalized spacial score (nSPS) is 16.6. The van der Waals surface area contributed by atoms with E-state index in [-0.39, 0.29) is 0 Å². The van der Waals surface area contributed by atoms with Gasteiger partial charge in [-0.2, -0.15) is 0 Å². The van der Waals surface area contributed by atoms with E-state index in [1.807, 2.05) is 11.8 Å². The van der Waals surface area contributed by atoms with Crippen LogP contribution in [0.25, 0.3) is 10.9 Å². The van der Waals surface area contributed by atoms with Gasteiger partial charge in [-0.15, -0.1) is 11.8 Å². The van der Waals surface area contributed by atoms with Crippen LogP contribution in [-0.2, 0) is 6.54 Å². The number of hydrogen-bond donors (Lipinski definition) is 2. The SMILES string of the molecule is c1ccc2c3c([nH]c2c1)CNCCS3. The van der Waals surface area contributed by atoms with E-state index in [0.29, 0.717) is 0 Å². The standard InChI is InChI=1S/C11H12N2S/c1-2-4-9-8(3-1)11-10(13-9)7-12-5-6-14-11/h1-4,12-13H,5-7H2. The number of nitrogens with one attached hydrogen (secondary N) is 2. The molecule has 1 aromatic heterocycles. The Hall–Kier alpha value is -0.930. The number of fused-ring (bicyclic) bond motifs is 3. The quantitative estimate of drug-likeness (QED) is 0.689. The van der Waals surface area contributed by atoms with Crippen LogP contribution >= 0.6 is 11.8 Å². The minimum atomic E-state index is 0.969. The van der Waals surface area contributed by atoms with Crippen LogP contribution in [0.1, 0.15) is 5.69 Å². The lowest BCUT2D eigenvalue weighted by Crippen LogP contribution is -2.14. The number of hydrogen-bond acceptors (Lipinski definition) is 2. The van der Waals surface area contributed by atoms with Gasteiger partial charge in [0.15, 0.2) is 0 Å². The molecule has 1 aliphatic heterocycles. The number of rotatable bonds is 0. The highest BCUT2D eigenvalue weighted by Gasteiger charge is 2.13. The summed E-state index contributed by atoms with van der Waals surface area (Å²) in [7, 11) is 0. The summed E-state index contributed by atoms with van der Waals surface area (Å²) in [4.78, 5) is 4.91. The molecule has 0 atom stereocenters. The number of para-hydroxylation sites is 1. The van der Waals surface area contributed by atoms with Crippen molar-refractivity contribution >= 4 is 22.7 Å². The van der Waals surface area contributed by atoms with Crippen LogP contribution < -0.4 is 5.32 Å². The molecule has 2 heterocycles. The number of thioether (sulfide) groups is 1. The molecular formula is C11H12N2S. The van der Waals surface area contributed by atoms with Gasteiger partial charge in [-0.3, -0.25) is 0 Å². The van der Waals surface area contributed by atoms with Gasteiger partial charge in [0.25, 0.3) is 0 Å². The average Bonchev–Trinajstić information content (AvgIpc) is 2.42. The Kier molecular flexibility index (Phi) is 2.00. The first kappa shape index (κ1) is 8.38. The van der Waals surface area contributed by atoms with Crippen molar-refractivity contribution in [1.82, 2.24) is 10.3 Å². The van der Waals surface area contributed by atoms with E-state index in [4.69, 9.17) is 0 Å². The van der Waals surface area contributed by atoms with Gasteiger partial charge >= 0.3 is 0 Å². The number of aromatic amines is 1. The van der Waals surface area contributed by atoms with Gasteiger partial charge in [-0.1, -0.05) is 18.2 Å². The van der Waals surface area contributed by atoms with E-state index in [1.54, 1.807) is 0 Å². The van der Waals surface area contributed by atoms with Crippen LogP contribution in [0.5, 0.6) is 0 Å². The Bertz CT molecular complexity index is 461. The second-order valence-electron chi connectivity index (χ2n) is 3.50. The molecule has 14 heavy (non-hydrogen) atoms. The zero-order valence-electron chi connectivity index (χ0n) is 7.84. The van der Waals surface area contributed by atoms with E-state index in [1.165, 1.54) is 21.5 Å².